The Morgan fingerprint density at radius 3 is 2.36 bits per heavy atom. The first-order chi connectivity index (χ1) is 20.7. The van der Waals surface area contributed by atoms with Crippen molar-refractivity contribution in [2.24, 2.45) is 5.14 Å². The molecule has 1 fully saturated rings. The summed E-state index contributed by atoms with van der Waals surface area (Å²) in [5.74, 6) is -1.28. The summed E-state index contributed by atoms with van der Waals surface area (Å²) in [5.41, 5.74) is 1.07. The van der Waals surface area contributed by atoms with E-state index in [4.69, 9.17) is 5.14 Å². The second-order valence-electron chi connectivity index (χ2n) is 9.93. The fourth-order valence-corrected chi connectivity index (χ4v) is 6.34. The van der Waals surface area contributed by atoms with E-state index < -0.39 is 49.5 Å². The summed E-state index contributed by atoms with van der Waals surface area (Å²) in [4.78, 5) is 12.2. The summed E-state index contributed by atoms with van der Waals surface area (Å²) in [6, 6.07) is 11.5. The molecule has 0 bridgehead atoms. The molecule has 2 aromatic carbocycles. The molecule has 4 aromatic rings. The van der Waals surface area contributed by atoms with Crippen LogP contribution in [0.2, 0.25) is 0 Å². The second-order valence-corrected chi connectivity index (χ2v) is 13.2. The van der Waals surface area contributed by atoms with E-state index in [0.29, 0.717) is 25.1 Å². The highest BCUT2D eigenvalue weighted by Gasteiger charge is 2.28. The van der Waals surface area contributed by atoms with Gasteiger partial charge in [0.1, 0.15) is 22.8 Å². The number of sulfonamides is 2. The lowest BCUT2D eigenvalue weighted by atomic mass is 10.1. The molecular weight excluding hydrogens is 628 g/mol. The second kappa shape index (κ2) is 12.2. The lowest BCUT2D eigenvalue weighted by molar-refractivity contribution is -0.115. The molecule has 18 heteroatoms. The highest BCUT2D eigenvalue weighted by Crippen LogP contribution is 2.29. The summed E-state index contributed by atoms with van der Waals surface area (Å²) in [7, 11) is -8.11. The molecule has 44 heavy (non-hydrogen) atoms. The van der Waals surface area contributed by atoms with E-state index in [1.165, 1.54) is 42.5 Å². The minimum absolute atomic E-state index is 0.0429. The average molecular weight is 655 g/mol. The van der Waals surface area contributed by atoms with Gasteiger partial charge >= 0.3 is 6.18 Å². The van der Waals surface area contributed by atoms with Gasteiger partial charge in [-0.15, -0.1) is 0 Å². The van der Waals surface area contributed by atoms with Crippen molar-refractivity contribution in [2.45, 2.75) is 35.0 Å². The van der Waals surface area contributed by atoms with Gasteiger partial charge in [-0.2, -0.15) is 18.2 Å². The van der Waals surface area contributed by atoms with Crippen LogP contribution in [0.4, 0.5) is 29.3 Å². The maximum Gasteiger partial charge on any atom is 0.405 e. The number of rotatable bonds is 10. The van der Waals surface area contributed by atoms with E-state index in [2.05, 4.69) is 35.6 Å². The van der Waals surface area contributed by atoms with Gasteiger partial charge in [0, 0.05) is 24.7 Å². The van der Waals surface area contributed by atoms with Gasteiger partial charge in [-0.3, -0.25) is 0 Å². The zero-order chi connectivity index (χ0) is 31.7. The van der Waals surface area contributed by atoms with Gasteiger partial charge in [0.15, 0.2) is 5.82 Å². The maximum absolute atomic E-state index is 14.7. The van der Waals surface area contributed by atoms with Gasteiger partial charge in [-0.05, 0) is 61.0 Å². The molecule has 1 atom stereocenters. The number of aromatic nitrogens is 3. The summed E-state index contributed by atoms with van der Waals surface area (Å²) in [6.07, 6.45) is -4.04. The van der Waals surface area contributed by atoms with Crippen LogP contribution in [0.25, 0.3) is 22.3 Å². The molecular formula is C26H26F4N8O4S2. The largest absolute Gasteiger partial charge is 0.405 e. The monoisotopic (exact) mass is 654 g/mol. The number of hydrogen-bond donors (Lipinski definition) is 5. The van der Waals surface area contributed by atoms with Crippen molar-refractivity contribution in [3.05, 3.63) is 66.0 Å². The standard InChI is InChI=1S/C26H26F4N8O4S2/c27-19-6-3-16(11-22(19)44(41,42)38-17-9-10-32-13-17)20-7-8-21-23(35-20)24(34-14-26(28,29)30)37-25(36-21)33-12-15-1-4-18(5-2-15)43(31,39)40/h1-8,11,17,32,38H,9-10,12-14H2,(H2,31,39,40)(H2,33,34,36,37). The van der Waals surface area contributed by atoms with E-state index in [9.17, 15) is 34.4 Å². The van der Waals surface area contributed by atoms with Crippen molar-refractivity contribution in [1.29, 1.82) is 0 Å². The number of anilines is 2. The van der Waals surface area contributed by atoms with Crippen molar-refractivity contribution in [1.82, 2.24) is 25.0 Å². The van der Waals surface area contributed by atoms with Crippen molar-refractivity contribution in [2.75, 3.05) is 30.3 Å². The van der Waals surface area contributed by atoms with Crippen LogP contribution in [0.5, 0.6) is 0 Å². The molecule has 12 nitrogen and oxygen atoms in total. The molecule has 1 aliphatic heterocycles. The highest BCUT2D eigenvalue weighted by atomic mass is 32.2. The number of primary sulfonamides is 1. The van der Waals surface area contributed by atoms with Gasteiger partial charge in [-0.25, -0.2) is 41.1 Å². The first-order valence-electron chi connectivity index (χ1n) is 13.1. The zero-order valence-corrected chi connectivity index (χ0v) is 24.3. The molecule has 0 spiro atoms. The van der Waals surface area contributed by atoms with E-state index in [-0.39, 0.29) is 45.5 Å². The number of nitrogens with one attached hydrogen (secondary N) is 4. The van der Waals surface area contributed by atoms with Gasteiger partial charge < -0.3 is 16.0 Å². The molecule has 3 heterocycles. The molecule has 1 aliphatic rings. The summed E-state index contributed by atoms with van der Waals surface area (Å²) >= 11 is 0. The third-order valence-electron chi connectivity index (χ3n) is 6.60. The Balaban J connectivity index is 1.46. The first kappa shape index (κ1) is 31.5. The first-order valence-corrected chi connectivity index (χ1v) is 16.1. The Morgan fingerprint density at radius 2 is 1.70 bits per heavy atom. The van der Waals surface area contributed by atoms with Crippen LogP contribution in [-0.4, -0.2) is 63.6 Å². The third-order valence-corrected chi connectivity index (χ3v) is 9.06. The number of benzene rings is 2. The molecule has 234 valence electrons. The molecule has 1 unspecified atom stereocenters. The Bertz CT molecular complexity index is 1900. The third kappa shape index (κ3) is 7.56. The Hall–Kier alpha value is -3.97. The fraction of sp³-hybridized carbons (Fsp3) is 0.269. The van der Waals surface area contributed by atoms with Crippen LogP contribution < -0.4 is 25.8 Å². The average Bonchev–Trinajstić information content (AvgIpc) is 3.46. The Labute approximate surface area is 249 Å². The number of fused-ring (bicyclic) bond motifs is 1. The van der Waals surface area contributed by atoms with Crippen LogP contribution in [0.15, 0.2) is 64.4 Å². The van der Waals surface area contributed by atoms with Crippen LogP contribution in [0.3, 0.4) is 0 Å². The van der Waals surface area contributed by atoms with Crippen LogP contribution >= 0.6 is 0 Å². The van der Waals surface area contributed by atoms with E-state index >= 15 is 0 Å². The highest BCUT2D eigenvalue weighted by molar-refractivity contribution is 7.89. The van der Waals surface area contributed by atoms with E-state index in [1.54, 1.807) is 0 Å². The molecule has 0 saturated carbocycles. The topological polar surface area (TPSA) is 181 Å². The van der Waals surface area contributed by atoms with Crippen molar-refractivity contribution < 1.29 is 34.4 Å². The minimum atomic E-state index is -4.59. The van der Waals surface area contributed by atoms with Gasteiger partial charge in [0.05, 0.1) is 16.1 Å². The maximum atomic E-state index is 14.7. The molecule has 0 amide bonds. The number of pyridine rings is 1. The quantitative estimate of drug-likeness (QED) is 0.160. The lowest BCUT2D eigenvalue weighted by Gasteiger charge is -2.15. The van der Waals surface area contributed by atoms with Crippen molar-refractivity contribution in [3.8, 4) is 11.3 Å². The van der Waals surface area contributed by atoms with Gasteiger partial charge in [-0.1, -0.05) is 12.1 Å². The molecule has 0 radical (unpaired) electrons. The Morgan fingerprint density at radius 1 is 0.955 bits per heavy atom. The van der Waals surface area contributed by atoms with Crippen LogP contribution in [0, 0.1) is 5.82 Å². The summed E-state index contributed by atoms with van der Waals surface area (Å²) in [6.45, 7) is -0.310. The van der Waals surface area contributed by atoms with E-state index in [0.717, 1.165) is 12.1 Å². The number of alkyl halides is 3. The predicted octanol–water partition coefficient (Wildman–Crippen LogP) is 2.70. The minimum Gasteiger partial charge on any atom is -0.359 e. The Kier molecular flexibility index (Phi) is 8.72. The van der Waals surface area contributed by atoms with Crippen LogP contribution in [0.1, 0.15) is 12.0 Å². The van der Waals surface area contributed by atoms with Crippen molar-refractivity contribution >= 4 is 42.8 Å². The van der Waals surface area contributed by atoms with Gasteiger partial charge in [0.25, 0.3) is 0 Å². The molecule has 6 N–H and O–H groups in total. The number of nitrogens with two attached hydrogens (primary N) is 1. The predicted molar refractivity (Wildman–Crippen MR) is 154 cm³/mol. The molecule has 0 aliphatic carbocycles. The smallest absolute Gasteiger partial charge is 0.359 e. The van der Waals surface area contributed by atoms with E-state index in [1.807, 2.05) is 0 Å². The van der Waals surface area contributed by atoms with Crippen LogP contribution in [-0.2, 0) is 26.6 Å². The number of nitrogens with zero attached hydrogens (tertiary/aromatic N) is 3. The summed E-state index contributed by atoms with van der Waals surface area (Å²) < 4.78 is 105. The molecule has 1 saturated heterocycles. The van der Waals surface area contributed by atoms with Gasteiger partial charge in [0.2, 0.25) is 26.0 Å². The fourth-order valence-electron chi connectivity index (χ4n) is 4.45. The molecule has 2 aromatic heterocycles. The molecule has 5 rings (SSSR count). The number of hydrogen-bond acceptors (Lipinski definition) is 10. The zero-order valence-electron chi connectivity index (χ0n) is 22.7. The normalized spacial score (nSPS) is 15.9. The van der Waals surface area contributed by atoms with Crippen molar-refractivity contribution in [3.63, 3.8) is 0 Å². The lowest BCUT2D eigenvalue weighted by Crippen LogP contribution is -2.36. The number of halogens is 4. The SMILES string of the molecule is NS(=O)(=O)c1ccc(CNc2nc(NCC(F)(F)F)c3nc(-c4ccc(F)c(S(=O)(=O)NC5CCNC5)c4)ccc3n2)cc1. The summed E-state index contributed by atoms with van der Waals surface area (Å²) in [5, 5.41) is 13.2.